The lowest BCUT2D eigenvalue weighted by atomic mass is 10.2. The van der Waals surface area contributed by atoms with E-state index >= 15 is 0 Å². The van der Waals surface area contributed by atoms with Gasteiger partial charge in [0.1, 0.15) is 17.5 Å². The summed E-state index contributed by atoms with van der Waals surface area (Å²) in [5, 5.41) is 8.05. The van der Waals surface area contributed by atoms with E-state index in [0.717, 1.165) is 0 Å². The summed E-state index contributed by atoms with van der Waals surface area (Å²) in [7, 11) is 0. The second-order valence-corrected chi connectivity index (χ2v) is 3.51. The number of anilines is 1. The van der Waals surface area contributed by atoms with Gasteiger partial charge in [0.05, 0.1) is 10.9 Å². The Balaban J connectivity index is 2.68. The van der Waals surface area contributed by atoms with E-state index in [9.17, 15) is 4.39 Å². The minimum Gasteiger partial charge on any atom is -0.383 e. The molecule has 1 aromatic carbocycles. The highest BCUT2D eigenvalue weighted by molar-refractivity contribution is 5.90. The Bertz CT molecular complexity index is 703. The number of nitrogens with two attached hydrogens (primary N) is 1. The van der Waals surface area contributed by atoms with Crippen LogP contribution in [0.5, 0.6) is 0 Å². The maximum atomic E-state index is 13.6. The molecule has 2 heterocycles. The van der Waals surface area contributed by atoms with Gasteiger partial charge in [-0.25, -0.2) is 4.39 Å². The fourth-order valence-electron chi connectivity index (χ4n) is 1.82. The normalized spacial score (nSPS) is 11.4. The summed E-state index contributed by atoms with van der Waals surface area (Å²) in [4.78, 5) is 4.01. The van der Waals surface area contributed by atoms with Crippen LogP contribution < -0.4 is 5.73 Å². The Labute approximate surface area is 89.7 Å². The average Bonchev–Trinajstić information content (AvgIpc) is 2.60. The van der Waals surface area contributed by atoms with Gasteiger partial charge in [0.2, 0.25) is 0 Å². The van der Waals surface area contributed by atoms with E-state index in [2.05, 4.69) is 15.2 Å². The van der Waals surface area contributed by atoms with E-state index in [1.807, 2.05) is 0 Å². The Hall–Kier alpha value is -2.24. The van der Waals surface area contributed by atoms with Crippen LogP contribution in [-0.4, -0.2) is 19.6 Å². The summed E-state index contributed by atoms with van der Waals surface area (Å²) in [5.41, 5.74) is 6.33. The second-order valence-electron chi connectivity index (χ2n) is 3.51. The van der Waals surface area contributed by atoms with Crippen LogP contribution in [0.25, 0.3) is 16.7 Å². The maximum absolute atomic E-state index is 13.6. The number of aromatic nitrogens is 4. The number of aryl methyl sites for hydroxylation is 1. The molecule has 2 N–H and O–H groups in total. The van der Waals surface area contributed by atoms with Crippen molar-refractivity contribution in [2.24, 2.45) is 0 Å². The van der Waals surface area contributed by atoms with Gasteiger partial charge >= 0.3 is 0 Å². The van der Waals surface area contributed by atoms with E-state index in [1.165, 1.54) is 6.07 Å². The molecular formula is C10H8FN5. The highest BCUT2D eigenvalue weighted by Gasteiger charge is 2.12. The van der Waals surface area contributed by atoms with Gasteiger partial charge in [0.15, 0.2) is 0 Å². The Morgan fingerprint density at radius 3 is 2.94 bits per heavy atom. The third-order valence-electron chi connectivity index (χ3n) is 2.52. The molecule has 0 bridgehead atoms. The Morgan fingerprint density at radius 1 is 1.31 bits per heavy atom. The van der Waals surface area contributed by atoms with Crippen molar-refractivity contribution in [2.45, 2.75) is 6.92 Å². The van der Waals surface area contributed by atoms with E-state index in [-0.39, 0.29) is 5.82 Å². The summed E-state index contributed by atoms with van der Waals surface area (Å²) in [6, 6.07) is 4.74. The molecule has 6 heteroatoms. The SMILES string of the molecule is Cc1nnc2nc(N)c3c(F)cccc3n12. The monoisotopic (exact) mass is 217 g/mol. The minimum atomic E-state index is -0.391. The number of fused-ring (bicyclic) bond motifs is 3. The van der Waals surface area contributed by atoms with Crippen molar-refractivity contribution >= 4 is 22.5 Å². The van der Waals surface area contributed by atoms with Crippen LogP contribution in [0, 0.1) is 12.7 Å². The molecular weight excluding hydrogens is 209 g/mol. The van der Waals surface area contributed by atoms with Crippen LogP contribution >= 0.6 is 0 Å². The molecule has 5 nitrogen and oxygen atoms in total. The molecule has 0 amide bonds. The third kappa shape index (κ3) is 1.01. The lowest BCUT2D eigenvalue weighted by Crippen LogP contribution is -2.01. The van der Waals surface area contributed by atoms with Crippen LogP contribution in [0.4, 0.5) is 10.2 Å². The first-order valence-electron chi connectivity index (χ1n) is 4.74. The molecule has 3 aromatic rings. The third-order valence-corrected chi connectivity index (χ3v) is 2.52. The predicted octanol–water partition coefficient (Wildman–Crippen LogP) is 1.31. The molecule has 0 unspecified atom stereocenters. The Kier molecular flexibility index (Phi) is 1.62. The molecule has 0 radical (unpaired) electrons. The molecule has 3 rings (SSSR count). The number of rotatable bonds is 0. The largest absolute Gasteiger partial charge is 0.383 e. The number of halogens is 1. The molecule has 0 spiro atoms. The number of hydrogen-bond donors (Lipinski definition) is 1. The van der Waals surface area contributed by atoms with Gasteiger partial charge in [0.25, 0.3) is 5.78 Å². The fraction of sp³-hybridized carbons (Fsp3) is 0.100. The van der Waals surface area contributed by atoms with Crippen molar-refractivity contribution in [1.82, 2.24) is 19.6 Å². The molecule has 0 saturated heterocycles. The van der Waals surface area contributed by atoms with Gasteiger partial charge in [-0.2, -0.15) is 4.98 Å². The number of nitrogens with zero attached hydrogens (tertiary/aromatic N) is 4. The predicted molar refractivity (Wildman–Crippen MR) is 57.4 cm³/mol. The van der Waals surface area contributed by atoms with Crippen molar-refractivity contribution in [3.05, 3.63) is 29.8 Å². The molecule has 0 aliphatic rings. The molecule has 0 saturated carbocycles. The van der Waals surface area contributed by atoms with E-state index in [4.69, 9.17) is 5.73 Å². The summed E-state index contributed by atoms with van der Waals surface area (Å²) < 4.78 is 15.3. The van der Waals surface area contributed by atoms with Crippen LogP contribution in [0.15, 0.2) is 18.2 Å². The van der Waals surface area contributed by atoms with Crippen LogP contribution in [0.3, 0.4) is 0 Å². The van der Waals surface area contributed by atoms with Gasteiger partial charge in [0, 0.05) is 0 Å². The lowest BCUT2D eigenvalue weighted by molar-refractivity contribution is 0.639. The second kappa shape index (κ2) is 2.88. The van der Waals surface area contributed by atoms with Crippen molar-refractivity contribution < 1.29 is 4.39 Å². The number of hydrogen-bond acceptors (Lipinski definition) is 4. The summed E-state index contributed by atoms with van der Waals surface area (Å²) >= 11 is 0. The van der Waals surface area contributed by atoms with Gasteiger partial charge in [-0.05, 0) is 19.1 Å². The molecule has 80 valence electrons. The van der Waals surface area contributed by atoms with E-state index in [0.29, 0.717) is 22.5 Å². The minimum absolute atomic E-state index is 0.132. The van der Waals surface area contributed by atoms with E-state index in [1.54, 1.807) is 23.5 Å². The molecule has 2 aromatic heterocycles. The number of benzene rings is 1. The topological polar surface area (TPSA) is 69.1 Å². The van der Waals surface area contributed by atoms with Gasteiger partial charge < -0.3 is 5.73 Å². The summed E-state index contributed by atoms with van der Waals surface area (Å²) in [6.45, 7) is 1.78. The van der Waals surface area contributed by atoms with Crippen molar-refractivity contribution in [3.8, 4) is 0 Å². The molecule has 0 fully saturated rings. The fourth-order valence-corrected chi connectivity index (χ4v) is 1.82. The van der Waals surface area contributed by atoms with Crippen LogP contribution in [0.2, 0.25) is 0 Å². The maximum Gasteiger partial charge on any atom is 0.257 e. The first-order chi connectivity index (χ1) is 7.68. The highest BCUT2D eigenvalue weighted by atomic mass is 19.1. The Morgan fingerprint density at radius 2 is 2.12 bits per heavy atom. The van der Waals surface area contributed by atoms with Crippen LogP contribution in [0.1, 0.15) is 5.82 Å². The summed E-state index contributed by atoms with van der Waals surface area (Å²) in [5.74, 6) is 0.775. The van der Waals surface area contributed by atoms with Crippen molar-refractivity contribution in [2.75, 3.05) is 5.73 Å². The van der Waals surface area contributed by atoms with Gasteiger partial charge in [-0.15, -0.1) is 10.2 Å². The smallest absolute Gasteiger partial charge is 0.257 e. The van der Waals surface area contributed by atoms with Gasteiger partial charge in [-0.1, -0.05) is 6.07 Å². The highest BCUT2D eigenvalue weighted by Crippen LogP contribution is 2.23. The lowest BCUT2D eigenvalue weighted by Gasteiger charge is -2.05. The summed E-state index contributed by atoms with van der Waals surface area (Å²) in [6.07, 6.45) is 0. The molecule has 0 atom stereocenters. The molecule has 0 aliphatic carbocycles. The standard InChI is InChI=1S/C10H8FN5/c1-5-14-15-10-13-9(12)8-6(11)3-2-4-7(8)16(5)10/h2-4H,1H3,(H2,12,13,15). The molecule has 0 aliphatic heterocycles. The quantitative estimate of drug-likeness (QED) is 0.616. The first-order valence-corrected chi connectivity index (χ1v) is 4.74. The zero-order valence-electron chi connectivity index (χ0n) is 8.48. The first kappa shape index (κ1) is 9.02. The van der Waals surface area contributed by atoms with Crippen molar-refractivity contribution in [3.63, 3.8) is 0 Å². The number of nitrogen functional groups attached to an aromatic ring is 1. The average molecular weight is 217 g/mol. The molecule has 16 heavy (non-hydrogen) atoms. The van der Waals surface area contributed by atoms with Crippen LogP contribution in [-0.2, 0) is 0 Å². The van der Waals surface area contributed by atoms with E-state index < -0.39 is 5.82 Å². The zero-order valence-corrected chi connectivity index (χ0v) is 8.48. The zero-order chi connectivity index (χ0) is 11.3. The van der Waals surface area contributed by atoms with Crippen molar-refractivity contribution in [1.29, 1.82) is 0 Å². The van der Waals surface area contributed by atoms with Gasteiger partial charge in [-0.3, -0.25) is 4.40 Å².